The molecule has 0 aromatic heterocycles. The lowest BCUT2D eigenvalue weighted by Gasteiger charge is -2.16. The molecular weight excluding hydrogens is 342 g/mol. The maximum atomic E-state index is 11.8. The van der Waals surface area contributed by atoms with Crippen LogP contribution >= 0.6 is 15.9 Å². The Morgan fingerprint density at radius 2 is 2.19 bits per heavy atom. The largest absolute Gasteiger partial charge is 0.383 e. The highest BCUT2D eigenvalue weighted by Crippen LogP contribution is 2.30. The van der Waals surface area contributed by atoms with Crippen LogP contribution in [0.15, 0.2) is 16.6 Å². The number of methoxy groups -OCH3 is 1. The second-order valence-electron chi connectivity index (χ2n) is 4.53. The van der Waals surface area contributed by atoms with E-state index in [9.17, 15) is 14.9 Å². The fourth-order valence-corrected chi connectivity index (χ4v) is 2.15. The molecule has 8 heteroatoms. The van der Waals surface area contributed by atoms with Crippen LogP contribution in [0.3, 0.4) is 0 Å². The number of hydrogen-bond acceptors (Lipinski definition) is 5. The molecular formula is C13H18BrN3O4. The molecule has 21 heavy (non-hydrogen) atoms. The van der Waals surface area contributed by atoms with Crippen LogP contribution in [-0.4, -0.2) is 37.1 Å². The van der Waals surface area contributed by atoms with Crippen LogP contribution in [0, 0.1) is 17.0 Å². The van der Waals surface area contributed by atoms with Crippen LogP contribution in [0.25, 0.3) is 0 Å². The number of carbonyl (C=O) groups excluding carboxylic acids is 1. The maximum Gasteiger partial charge on any atom is 0.273 e. The van der Waals surface area contributed by atoms with E-state index in [-0.39, 0.29) is 11.6 Å². The number of nitro benzene ring substituents is 1. The number of rotatable bonds is 7. The Morgan fingerprint density at radius 3 is 2.76 bits per heavy atom. The van der Waals surface area contributed by atoms with E-state index in [1.807, 2.05) is 0 Å². The Morgan fingerprint density at radius 1 is 1.52 bits per heavy atom. The lowest BCUT2D eigenvalue weighted by atomic mass is 10.1. The molecule has 1 aromatic rings. The molecule has 0 saturated heterocycles. The molecule has 1 amide bonds. The minimum atomic E-state index is -0.473. The summed E-state index contributed by atoms with van der Waals surface area (Å²) < 4.78 is 5.39. The number of halogens is 1. The minimum Gasteiger partial charge on any atom is -0.383 e. The minimum absolute atomic E-state index is 0.0321. The summed E-state index contributed by atoms with van der Waals surface area (Å²) >= 11 is 3.27. The monoisotopic (exact) mass is 359 g/mol. The summed E-state index contributed by atoms with van der Waals surface area (Å²) in [5.41, 5.74) is 1.19. The van der Waals surface area contributed by atoms with Crippen molar-refractivity contribution in [2.24, 2.45) is 0 Å². The first kappa shape index (κ1) is 17.4. The van der Waals surface area contributed by atoms with E-state index >= 15 is 0 Å². The number of anilines is 1. The van der Waals surface area contributed by atoms with Gasteiger partial charge in [-0.05, 0) is 35.8 Å². The predicted octanol–water partition coefficient (Wildman–Crippen LogP) is 2.23. The van der Waals surface area contributed by atoms with Crippen LogP contribution in [0.5, 0.6) is 0 Å². The Labute approximate surface area is 131 Å². The van der Waals surface area contributed by atoms with Gasteiger partial charge in [-0.15, -0.1) is 0 Å². The number of nitrogens with one attached hydrogen (secondary N) is 2. The maximum absolute atomic E-state index is 11.8. The Hall–Kier alpha value is -1.67. The van der Waals surface area contributed by atoms with Crippen LogP contribution in [-0.2, 0) is 9.53 Å². The SMILES string of the molecule is COCCNC(=O)C(C)Nc1cc(C)c([N+](=O)[O-])cc1Br. The first-order valence-corrected chi connectivity index (χ1v) is 7.13. The third-order valence-corrected chi connectivity index (χ3v) is 3.51. The quantitative estimate of drug-likeness (QED) is 0.442. The van der Waals surface area contributed by atoms with Gasteiger partial charge in [0.2, 0.25) is 5.91 Å². The average molecular weight is 360 g/mol. The van der Waals surface area contributed by atoms with E-state index in [1.54, 1.807) is 27.0 Å². The molecule has 0 aliphatic heterocycles. The van der Waals surface area contributed by atoms with Gasteiger partial charge in [-0.25, -0.2) is 0 Å². The smallest absolute Gasteiger partial charge is 0.273 e. The third-order valence-electron chi connectivity index (χ3n) is 2.85. The fraction of sp³-hybridized carbons (Fsp3) is 0.462. The van der Waals surface area contributed by atoms with Gasteiger partial charge in [-0.2, -0.15) is 0 Å². The van der Waals surface area contributed by atoms with Crippen LogP contribution < -0.4 is 10.6 Å². The third kappa shape index (κ3) is 4.98. The van der Waals surface area contributed by atoms with Gasteiger partial charge < -0.3 is 15.4 Å². The van der Waals surface area contributed by atoms with E-state index in [2.05, 4.69) is 26.6 Å². The van der Waals surface area contributed by atoms with Crippen molar-refractivity contribution >= 4 is 33.2 Å². The van der Waals surface area contributed by atoms with Gasteiger partial charge in [-0.1, -0.05) is 0 Å². The van der Waals surface area contributed by atoms with Gasteiger partial charge in [0.25, 0.3) is 5.69 Å². The topological polar surface area (TPSA) is 93.5 Å². The molecule has 0 bridgehead atoms. The van der Waals surface area contributed by atoms with E-state index in [0.29, 0.717) is 28.9 Å². The molecule has 0 fully saturated rings. The summed E-state index contributed by atoms with van der Waals surface area (Å²) in [6.07, 6.45) is 0. The van der Waals surface area contributed by atoms with Crippen molar-refractivity contribution in [3.8, 4) is 0 Å². The molecule has 0 radical (unpaired) electrons. The molecule has 2 N–H and O–H groups in total. The van der Waals surface area contributed by atoms with Crippen LogP contribution in [0.2, 0.25) is 0 Å². The van der Waals surface area contributed by atoms with Crippen molar-refractivity contribution < 1.29 is 14.5 Å². The van der Waals surface area contributed by atoms with Crippen molar-refractivity contribution in [1.82, 2.24) is 5.32 Å². The number of nitro groups is 1. The molecule has 1 rings (SSSR count). The van der Waals surface area contributed by atoms with Gasteiger partial charge in [0.1, 0.15) is 6.04 Å². The number of nitrogens with zero attached hydrogens (tertiary/aromatic N) is 1. The van der Waals surface area contributed by atoms with Crippen molar-refractivity contribution in [3.63, 3.8) is 0 Å². The Kier molecular flexibility index (Phi) is 6.57. The number of carbonyl (C=O) groups is 1. The Bertz CT molecular complexity index is 536. The highest BCUT2D eigenvalue weighted by molar-refractivity contribution is 9.10. The molecule has 116 valence electrons. The summed E-state index contributed by atoms with van der Waals surface area (Å²) in [5, 5.41) is 16.6. The van der Waals surface area contributed by atoms with Crippen molar-refractivity contribution in [1.29, 1.82) is 0 Å². The van der Waals surface area contributed by atoms with Gasteiger partial charge >= 0.3 is 0 Å². The van der Waals surface area contributed by atoms with E-state index < -0.39 is 11.0 Å². The zero-order valence-electron chi connectivity index (χ0n) is 12.1. The van der Waals surface area contributed by atoms with E-state index in [4.69, 9.17) is 4.74 Å². The van der Waals surface area contributed by atoms with Gasteiger partial charge in [-0.3, -0.25) is 14.9 Å². The lowest BCUT2D eigenvalue weighted by molar-refractivity contribution is -0.385. The normalized spacial score (nSPS) is 11.8. The fourth-order valence-electron chi connectivity index (χ4n) is 1.71. The van der Waals surface area contributed by atoms with Crippen molar-refractivity contribution in [3.05, 3.63) is 32.3 Å². The molecule has 1 aromatic carbocycles. The number of hydrogen-bond donors (Lipinski definition) is 2. The molecule has 0 aliphatic carbocycles. The van der Waals surface area contributed by atoms with E-state index in [1.165, 1.54) is 6.07 Å². The molecule has 0 heterocycles. The molecule has 1 atom stereocenters. The standard InChI is InChI=1S/C13H18BrN3O4/c1-8-6-11(10(14)7-12(8)17(19)20)16-9(2)13(18)15-4-5-21-3/h6-7,9,16H,4-5H2,1-3H3,(H,15,18). The highest BCUT2D eigenvalue weighted by Gasteiger charge is 2.17. The molecule has 0 spiro atoms. The number of amides is 1. The first-order valence-electron chi connectivity index (χ1n) is 6.34. The number of ether oxygens (including phenoxy) is 1. The van der Waals surface area contributed by atoms with Gasteiger partial charge in [0.05, 0.1) is 11.5 Å². The highest BCUT2D eigenvalue weighted by atomic mass is 79.9. The van der Waals surface area contributed by atoms with Crippen LogP contribution in [0.4, 0.5) is 11.4 Å². The summed E-state index contributed by atoms with van der Waals surface area (Å²) in [6.45, 7) is 4.24. The zero-order chi connectivity index (χ0) is 16.0. The summed E-state index contributed by atoms with van der Waals surface area (Å²) in [5.74, 6) is -0.171. The van der Waals surface area contributed by atoms with Crippen LogP contribution in [0.1, 0.15) is 12.5 Å². The zero-order valence-corrected chi connectivity index (χ0v) is 13.7. The summed E-state index contributed by atoms with van der Waals surface area (Å²) in [7, 11) is 1.56. The number of aryl methyl sites for hydroxylation is 1. The molecule has 7 nitrogen and oxygen atoms in total. The van der Waals surface area contributed by atoms with Crippen molar-refractivity contribution in [2.75, 3.05) is 25.6 Å². The second kappa shape index (κ2) is 7.94. The van der Waals surface area contributed by atoms with Crippen molar-refractivity contribution in [2.45, 2.75) is 19.9 Å². The second-order valence-corrected chi connectivity index (χ2v) is 5.38. The number of benzene rings is 1. The Balaban J connectivity index is 2.76. The lowest BCUT2D eigenvalue weighted by Crippen LogP contribution is -2.39. The van der Waals surface area contributed by atoms with Gasteiger partial charge in [0, 0.05) is 35.4 Å². The molecule has 1 unspecified atom stereocenters. The summed E-state index contributed by atoms with van der Waals surface area (Å²) in [6, 6.07) is 2.59. The van der Waals surface area contributed by atoms with E-state index in [0.717, 1.165) is 0 Å². The van der Waals surface area contributed by atoms with Gasteiger partial charge in [0.15, 0.2) is 0 Å². The molecule has 0 aliphatic rings. The predicted molar refractivity (Wildman–Crippen MR) is 83.5 cm³/mol. The first-order chi connectivity index (χ1) is 9.86. The molecule has 0 saturated carbocycles. The average Bonchev–Trinajstić information content (AvgIpc) is 2.42. The summed E-state index contributed by atoms with van der Waals surface area (Å²) in [4.78, 5) is 22.3.